The van der Waals surface area contributed by atoms with Crippen molar-refractivity contribution < 1.29 is 19.2 Å². The molecule has 0 aromatic heterocycles. The van der Waals surface area contributed by atoms with Crippen LogP contribution in [0.3, 0.4) is 0 Å². The number of rotatable bonds is 7. The molecule has 0 radical (unpaired) electrons. The Labute approximate surface area is 126 Å². The van der Waals surface area contributed by atoms with E-state index in [1.165, 1.54) is 13.2 Å². The number of nitrogens with zero attached hydrogens (tertiary/aromatic N) is 1. The summed E-state index contributed by atoms with van der Waals surface area (Å²) in [7, 11) is 1.17. The molecule has 0 aliphatic rings. The summed E-state index contributed by atoms with van der Waals surface area (Å²) in [5.74, 6) is -0.721. The van der Waals surface area contributed by atoms with Crippen molar-refractivity contribution in [1.29, 1.82) is 0 Å². The molecule has 0 aliphatic carbocycles. The Morgan fingerprint density at radius 1 is 1.62 bits per heavy atom. The topological polar surface area (TPSA) is 105 Å². The van der Waals surface area contributed by atoms with E-state index in [-0.39, 0.29) is 29.0 Å². The lowest BCUT2D eigenvalue weighted by atomic mass is 10.2. The molecule has 1 unspecified atom stereocenters. The van der Waals surface area contributed by atoms with Gasteiger partial charge in [-0.2, -0.15) is 0 Å². The molecule has 1 aromatic carbocycles. The van der Waals surface area contributed by atoms with E-state index >= 15 is 0 Å². The zero-order valence-electron chi connectivity index (χ0n) is 11.4. The van der Waals surface area contributed by atoms with Crippen LogP contribution < -0.4 is 10.5 Å². The van der Waals surface area contributed by atoms with E-state index < -0.39 is 16.6 Å². The maximum Gasteiger partial charge on any atom is 0.338 e. The van der Waals surface area contributed by atoms with Gasteiger partial charge >= 0.3 is 5.97 Å². The van der Waals surface area contributed by atoms with Crippen LogP contribution in [0, 0.1) is 10.1 Å². The minimum Gasteiger partial charge on any atom is -0.490 e. The van der Waals surface area contributed by atoms with Gasteiger partial charge in [0.15, 0.2) is 5.02 Å². The van der Waals surface area contributed by atoms with Crippen LogP contribution in [0.2, 0.25) is 5.02 Å². The normalized spacial score (nSPS) is 11.6. The summed E-state index contributed by atoms with van der Waals surface area (Å²) in [5, 5.41) is 10.8. The standard InChI is InChI=1S/C13H15ClN2O5/c1-3-4-9(15)7-21-11-6-8(13(17)20-2)5-10(12(11)14)16(18)19/h3,5-6,9H,1,4,7,15H2,2H3. The second-order valence-electron chi connectivity index (χ2n) is 4.15. The Kier molecular flexibility index (Phi) is 6.13. The lowest BCUT2D eigenvalue weighted by Gasteiger charge is -2.13. The van der Waals surface area contributed by atoms with Crippen molar-refractivity contribution in [3.63, 3.8) is 0 Å². The summed E-state index contributed by atoms with van der Waals surface area (Å²) in [4.78, 5) is 21.8. The zero-order valence-corrected chi connectivity index (χ0v) is 12.1. The van der Waals surface area contributed by atoms with Crippen molar-refractivity contribution in [3.05, 3.63) is 45.5 Å². The molecule has 114 valence electrons. The molecule has 1 rings (SSSR count). The Bertz CT molecular complexity index is 562. The molecule has 0 spiro atoms. The van der Waals surface area contributed by atoms with Crippen LogP contribution in [0.4, 0.5) is 5.69 Å². The van der Waals surface area contributed by atoms with Gasteiger partial charge in [-0.25, -0.2) is 4.79 Å². The van der Waals surface area contributed by atoms with Crippen molar-refractivity contribution in [2.45, 2.75) is 12.5 Å². The Hall–Kier alpha value is -2.12. The van der Waals surface area contributed by atoms with Crippen LogP contribution in [-0.2, 0) is 4.74 Å². The third-order valence-corrected chi connectivity index (χ3v) is 2.94. The summed E-state index contributed by atoms with van der Waals surface area (Å²) in [5.41, 5.74) is 5.27. The Balaban J connectivity index is 3.11. The van der Waals surface area contributed by atoms with Gasteiger partial charge in [-0.3, -0.25) is 10.1 Å². The van der Waals surface area contributed by atoms with Gasteiger partial charge in [-0.15, -0.1) is 6.58 Å². The number of carbonyl (C=O) groups excluding carboxylic acids is 1. The number of hydrogen-bond acceptors (Lipinski definition) is 6. The fourth-order valence-electron chi connectivity index (χ4n) is 1.54. The molecule has 21 heavy (non-hydrogen) atoms. The van der Waals surface area contributed by atoms with E-state index in [0.717, 1.165) is 6.07 Å². The molecule has 2 N–H and O–H groups in total. The highest BCUT2D eigenvalue weighted by molar-refractivity contribution is 6.34. The number of hydrogen-bond donors (Lipinski definition) is 1. The quantitative estimate of drug-likeness (QED) is 0.358. The van der Waals surface area contributed by atoms with E-state index in [2.05, 4.69) is 11.3 Å². The number of carbonyl (C=O) groups is 1. The van der Waals surface area contributed by atoms with Crippen LogP contribution >= 0.6 is 11.6 Å². The SMILES string of the molecule is C=CCC(N)COc1cc(C(=O)OC)cc([N+](=O)[O-])c1Cl. The first kappa shape index (κ1) is 16.9. The van der Waals surface area contributed by atoms with Crippen molar-refractivity contribution in [1.82, 2.24) is 0 Å². The number of methoxy groups -OCH3 is 1. The van der Waals surface area contributed by atoms with Gasteiger partial charge in [0.05, 0.1) is 17.6 Å². The third kappa shape index (κ3) is 4.44. The van der Waals surface area contributed by atoms with Crippen molar-refractivity contribution in [2.24, 2.45) is 5.73 Å². The predicted octanol–water partition coefficient (Wildman–Crippen LogP) is 2.32. The van der Waals surface area contributed by atoms with Crippen molar-refractivity contribution >= 4 is 23.3 Å². The molecular formula is C13H15ClN2O5. The summed E-state index contributed by atoms with van der Waals surface area (Å²) >= 11 is 5.90. The summed E-state index contributed by atoms with van der Waals surface area (Å²) < 4.78 is 9.89. The van der Waals surface area contributed by atoms with Crippen LogP contribution in [0.25, 0.3) is 0 Å². The predicted molar refractivity (Wildman–Crippen MR) is 77.7 cm³/mol. The van der Waals surface area contributed by atoms with Gasteiger partial charge in [0.25, 0.3) is 5.69 Å². The fourth-order valence-corrected chi connectivity index (χ4v) is 1.77. The number of nitrogens with two attached hydrogens (primary N) is 1. The maximum absolute atomic E-state index is 11.5. The number of esters is 1. The van der Waals surface area contributed by atoms with Crippen molar-refractivity contribution in [3.8, 4) is 5.75 Å². The minimum atomic E-state index is -0.727. The number of benzene rings is 1. The zero-order chi connectivity index (χ0) is 16.0. The van der Waals surface area contributed by atoms with Gasteiger partial charge in [0.2, 0.25) is 0 Å². The molecular weight excluding hydrogens is 300 g/mol. The molecule has 1 aromatic rings. The highest BCUT2D eigenvalue weighted by Crippen LogP contribution is 2.35. The highest BCUT2D eigenvalue weighted by Gasteiger charge is 2.22. The van der Waals surface area contributed by atoms with E-state index in [1.54, 1.807) is 6.08 Å². The monoisotopic (exact) mass is 314 g/mol. The molecule has 0 amide bonds. The van der Waals surface area contributed by atoms with E-state index in [1.807, 2.05) is 0 Å². The summed E-state index contributed by atoms with van der Waals surface area (Å²) in [6.07, 6.45) is 2.14. The van der Waals surface area contributed by atoms with E-state index in [0.29, 0.717) is 6.42 Å². The maximum atomic E-state index is 11.5. The van der Waals surface area contributed by atoms with Crippen LogP contribution in [0.15, 0.2) is 24.8 Å². The summed E-state index contributed by atoms with van der Waals surface area (Å²) in [6, 6.07) is 1.98. The second-order valence-corrected chi connectivity index (χ2v) is 4.53. The van der Waals surface area contributed by atoms with Gasteiger partial charge < -0.3 is 15.2 Å². The number of halogens is 1. The average molecular weight is 315 g/mol. The number of ether oxygens (including phenoxy) is 2. The highest BCUT2D eigenvalue weighted by atomic mass is 35.5. The molecule has 0 heterocycles. The lowest BCUT2D eigenvalue weighted by molar-refractivity contribution is -0.384. The molecule has 0 bridgehead atoms. The molecule has 1 atom stereocenters. The minimum absolute atomic E-state index is 0.00535. The first-order valence-electron chi connectivity index (χ1n) is 5.96. The van der Waals surface area contributed by atoms with Crippen LogP contribution in [0.1, 0.15) is 16.8 Å². The molecule has 0 saturated heterocycles. The van der Waals surface area contributed by atoms with Crippen LogP contribution in [0.5, 0.6) is 5.75 Å². The summed E-state index contributed by atoms with van der Waals surface area (Å²) in [6.45, 7) is 3.62. The molecule has 7 nitrogen and oxygen atoms in total. The third-order valence-electron chi connectivity index (χ3n) is 2.56. The fraction of sp³-hybridized carbons (Fsp3) is 0.308. The number of nitro benzene ring substituents is 1. The largest absolute Gasteiger partial charge is 0.490 e. The van der Waals surface area contributed by atoms with E-state index in [4.69, 9.17) is 22.1 Å². The number of nitro groups is 1. The molecule has 8 heteroatoms. The first-order chi connectivity index (χ1) is 9.90. The van der Waals surface area contributed by atoms with Gasteiger partial charge in [-0.1, -0.05) is 17.7 Å². The molecule has 0 fully saturated rings. The van der Waals surface area contributed by atoms with Gasteiger partial charge in [0.1, 0.15) is 12.4 Å². The second kappa shape index (κ2) is 7.61. The Morgan fingerprint density at radius 3 is 2.81 bits per heavy atom. The van der Waals surface area contributed by atoms with Crippen molar-refractivity contribution in [2.75, 3.05) is 13.7 Å². The van der Waals surface area contributed by atoms with Gasteiger partial charge in [-0.05, 0) is 12.5 Å². The first-order valence-corrected chi connectivity index (χ1v) is 6.34. The Morgan fingerprint density at radius 2 is 2.29 bits per heavy atom. The molecule has 0 saturated carbocycles. The van der Waals surface area contributed by atoms with Gasteiger partial charge in [0, 0.05) is 12.1 Å². The smallest absolute Gasteiger partial charge is 0.338 e. The average Bonchev–Trinajstić information content (AvgIpc) is 2.45. The molecule has 0 aliphatic heterocycles. The lowest BCUT2D eigenvalue weighted by Crippen LogP contribution is -2.27. The van der Waals surface area contributed by atoms with E-state index in [9.17, 15) is 14.9 Å². The van der Waals surface area contributed by atoms with Crippen LogP contribution in [-0.4, -0.2) is 30.7 Å².